The summed E-state index contributed by atoms with van der Waals surface area (Å²) in [5, 5.41) is 4.59. The summed E-state index contributed by atoms with van der Waals surface area (Å²) in [6.07, 6.45) is 0. The number of carbonyl (C=O) groups excluding carboxylic acids is 4. The molecule has 8 nitrogen and oxygen atoms in total. The number of halogens is 2. The van der Waals surface area contributed by atoms with Gasteiger partial charge in [-0.3, -0.25) is 29.6 Å². The number of likely N-dealkylation sites (N-methyl/N-ethyl adjacent to an activating group) is 1. The zero-order valence-corrected chi connectivity index (χ0v) is 13.0. The summed E-state index contributed by atoms with van der Waals surface area (Å²) in [5.74, 6) is -1.75. The quantitative estimate of drug-likeness (QED) is 0.322. The standard InChI is InChI=1S/C9H8Br2N4O4/c1-13-4(16)3-8(10)5(17)12-6(18)9(8,11)15(3)14(2)7(13)19/h3H,1-2H3,(H,12,17,18). The number of imide groups is 2. The second-order valence-corrected chi connectivity index (χ2v) is 6.97. The van der Waals surface area contributed by atoms with Crippen molar-refractivity contribution in [3.63, 3.8) is 0 Å². The maximum atomic E-state index is 12.2. The number of carbonyl (C=O) groups is 4. The third-order valence-corrected chi connectivity index (χ3v) is 6.98. The first-order chi connectivity index (χ1) is 8.69. The maximum Gasteiger partial charge on any atom is 0.340 e. The van der Waals surface area contributed by atoms with E-state index in [2.05, 4.69) is 37.2 Å². The Hall–Kier alpha value is -1.00. The van der Waals surface area contributed by atoms with Gasteiger partial charge in [-0.05, 0) is 0 Å². The molecular weight excluding hydrogens is 388 g/mol. The lowest BCUT2D eigenvalue weighted by atomic mass is 9.81. The molecule has 0 aliphatic carbocycles. The van der Waals surface area contributed by atoms with Crippen molar-refractivity contribution in [1.29, 1.82) is 0 Å². The fourth-order valence-corrected chi connectivity index (χ4v) is 4.48. The number of fused-ring (bicyclic) bond motifs is 4. The van der Waals surface area contributed by atoms with Crippen LogP contribution in [0.4, 0.5) is 4.79 Å². The molecule has 0 saturated carbocycles. The Bertz CT molecular complexity index is 568. The molecule has 0 spiro atoms. The summed E-state index contributed by atoms with van der Waals surface area (Å²) in [5.41, 5.74) is 0. The molecule has 1 N–H and O–H groups in total. The molecule has 102 valence electrons. The lowest BCUT2D eigenvalue weighted by molar-refractivity contribution is -0.193. The number of alkyl halides is 2. The van der Waals surface area contributed by atoms with Crippen molar-refractivity contribution in [2.24, 2.45) is 0 Å². The van der Waals surface area contributed by atoms with Gasteiger partial charge < -0.3 is 0 Å². The summed E-state index contributed by atoms with van der Waals surface area (Å²) in [6, 6.07) is -1.52. The molecule has 0 radical (unpaired) electrons. The molecule has 0 aromatic carbocycles. The maximum absolute atomic E-state index is 12.2. The molecule has 19 heavy (non-hydrogen) atoms. The first-order valence-electron chi connectivity index (χ1n) is 5.27. The Kier molecular flexibility index (Phi) is 2.30. The third-order valence-electron chi connectivity index (χ3n) is 3.73. The number of amides is 5. The van der Waals surface area contributed by atoms with Crippen LogP contribution in [0, 0.1) is 0 Å². The van der Waals surface area contributed by atoms with Gasteiger partial charge in [0.05, 0.1) is 0 Å². The van der Waals surface area contributed by atoms with E-state index in [9.17, 15) is 19.2 Å². The fourth-order valence-electron chi connectivity index (χ4n) is 2.69. The van der Waals surface area contributed by atoms with Crippen molar-refractivity contribution >= 4 is 55.6 Å². The smallest absolute Gasteiger partial charge is 0.293 e. The Morgan fingerprint density at radius 3 is 2.26 bits per heavy atom. The highest BCUT2D eigenvalue weighted by atomic mass is 79.9. The lowest BCUT2D eigenvalue weighted by Gasteiger charge is -2.63. The van der Waals surface area contributed by atoms with Crippen LogP contribution in [-0.4, -0.2) is 67.6 Å². The van der Waals surface area contributed by atoms with Gasteiger partial charge in [0.2, 0.25) is 10.4 Å². The van der Waals surface area contributed by atoms with Crippen LogP contribution < -0.4 is 5.32 Å². The van der Waals surface area contributed by atoms with Gasteiger partial charge in [-0.25, -0.2) is 4.79 Å². The minimum absolute atomic E-state index is 0.542. The van der Waals surface area contributed by atoms with E-state index in [-0.39, 0.29) is 0 Å². The number of hydrogen-bond acceptors (Lipinski definition) is 5. The van der Waals surface area contributed by atoms with Gasteiger partial charge >= 0.3 is 6.03 Å². The Morgan fingerprint density at radius 2 is 1.68 bits per heavy atom. The minimum Gasteiger partial charge on any atom is -0.293 e. The zero-order chi connectivity index (χ0) is 14.3. The largest absolute Gasteiger partial charge is 0.340 e. The molecule has 3 fully saturated rings. The monoisotopic (exact) mass is 394 g/mol. The molecule has 0 bridgehead atoms. The van der Waals surface area contributed by atoms with Crippen LogP contribution in [-0.2, 0) is 14.4 Å². The van der Waals surface area contributed by atoms with E-state index in [1.54, 1.807) is 0 Å². The van der Waals surface area contributed by atoms with Crippen LogP contribution >= 0.6 is 31.9 Å². The molecular formula is C9H8Br2N4O4. The molecule has 3 aliphatic heterocycles. The lowest BCUT2D eigenvalue weighted by Crippen LogP contribution is -2.89. The molecule has 3 heterocycles. The van der Waals surface area contributed by atoms with Crippen LogP contribution in [0.25, 0.3) is 0 Å². The second kappa shape index (κ2) is 3.36. The highest BCUT2D eigenvalue weighted by molar-refractivity contribution is 9.13. The van der Waals surface area contributed by atoms with Crippen LogP contribution in [0.5, 0.6) is 0 Å². The van der Waals surface area contributed by atoms with E-state index in [0.29, 0.717) is 0 Å². The van der Waals surface area contributed by atoms with Gasteiger partial charge in [0.25, 0.3) is 11.8 Å². The predicted octanol–water partition coefficient (Wildman–Crippen LogP) is -1.01. The van der Waals surface area contributed by atoms with Crippen molar-refractivity contribution in [2.45, 2.75) is 14.8 Å². The van der Waals surface area contributed by atoms with Gasteiger partial charge in [-0.1, -0.05) is 31.9 Å². The van der Waals surface area contributed by atoms with Crippen molar-refractivity contribution in [1.82, 2.24) is 20.2 Å². The SMILES string of the molecule is CN1C(=O)C2N(N(C)C1=O)C1(Br)C(=O)NC(=O)C21Br. The van der Waals surface area contributed by atoms with Crippen molar-refractivity contribution < 1.29 is 19.2 Å². The summed E-state index contributed by atoms with van der Waals surface area (Å²) in [4.78, 5) is 48.9. The fraction of sp³-hybridized carbons (Fsp3) is 0.556. The molecule has 5 amide bonds. The average molecular weight is 396 g/mol. The number of nitrogens with one attached hydrogen (secondary N) is 1. The molecule has 0 aromatic heterocycles. The van der Waals surface area contributed by atoms with E-state index in [0.717, 1.165) is 9.91 Å². The van der Waals surface area contributed by atoms with E-state index < -0.39 is 38.6 Å². The Balaban J connectivity index is 2.17. The summed E-state index contributed by atoms with van der Waals surface area (Å²) in [6.45, 7) is 0. The summed E-state index contributed by atoms with van der Waals surface area (Å²) >= 11 is 6.40. The van der Waals surface area contributed by atoms with Crippen molar-refractivity contribution in [3.05, 3.63) is 0 Å². The molecule has 0 aromatic rings. The molecule has 3 rings (SSSR count). The first kappa shape index (κ1) is 13.0. The minimum atomic E-state index is -1.47. The van der Waals surface area contributed by atoms with E-state index in [1.807, 2.05) is 0 Å². The zero-order valence-electron chi connectivity index (χ0n) is 9.81. The van der Waals surface area contributed by atoms with Crippen LogP contribution in [0.3, 0.4) is 0 Å². The molecule has 10 heteroatoms. The first-order valence-corrected chi connectivity index (χ1v) is 6.85. The van der Waals surface area contributed by atoms with Crippen molar-refractivity contribution in [2.75, 3.05) is 14.1 Å². The summed E-state index contributed by atoms with van der Waals surface area (Å²) in [7, 11) is 2.77. The highest BCUT2D eigenvalue weighted by Crippen LogP contribution is 2.60. The number of urea groups is 1. The average Bonchev–Trinajstić information content (AvgIpc) is 2.49. The van der Waals surface area contributed by atoms with E-state index >= 15 is 0 Å². The van der Waals surface area contributed by atoms with Gasteiger partial charge in [0, 0.05) is 14.1 Å². The van der Waals surface area contributed by atoms with Crippen LogP contribution in [0.1, 0.15) is 0 Å². The van der Waals surface area contributed by atoms with Crippen LogP contribution in [0.2, 0.25) is 0 Å². The number of hydrazine groups is 1. The van der Waals surface area contributed by atoms with Crippen LogP contribution in [0.15, 0.2) is 0 Å². The van der Waals surface area contributed by atoms with Gasteiger partial charge in [-0.2, -0.15) is 5.01 Å². The van der Waals surface area contributed by atoms with Gasteiger partial charge in [0.15, 0.2) is 4.32 Å². The molecule has 3 atom stereocenters. The van der Waals surface area contributed by atoms with E-state index in [1.165, 1.54) is 19.1 Å². The second-order valence-electron chi connectivity index (χ2n) is 4.57. The van der Waals surface area contributed by atoms with E-state index in [4.69, 9.17) is 0 Å². The number of rotatable bonds is 0. The van der Waals surface area contributed by atoms with Gasteiger partial charge in [0.1, 0.15) is 6.04 Å². The van der Waals surface area contributed by atoms with Gasteiger partial charge in [-0.15, -0.1) is 0 Å². The normalized spacial score (nSPS) is 42.0. The third kappa shape index (κ3) is 1.06. The topological polar surface area (TPSA) is 90.0 Å². The molecule has 3 saturated heterocycles. The molecule has 3 aliphatic rings. The predicted molar refractivity (Wildman–Crippen MR) is 68.0 cm³/mol. The number of hydrogen-bond donors (Lipinski definition) is 1. The highest BCUT2D eigenvalue weighted by Gasteiger charge is 2.85. The Morgan fingerprint density at radius 1 is 1.11 bits per heavy atom. The summed E-state index contributed by atoms with van der Waals surface area (Å²) < 4.78 is -2.89. The Labute approximate surface area is 124 Å². The van der Waals surface area contributed by atoms with Crippen molar-refractivity contribution in [3.8, 4) is 0 Å². The number of nitrogens with zero attached hydrogens (tertiary/aromatic N) is 3. The molecule has 3 unspecified atom stereocenters.